The Kier molecular flexibility index (Phi) is 8.80. The second kappa shape index (κ2) is 10.4. The number of aliphatic hydroxyl groups is 1. The van der Waals surface area contributed by atoms with Crippen molar-refractivity contribution in [3.8, 4) is 5.75 Å². The predicted molar refractivity (Wildman–Crippen MR) is 100 cm³/mol. The minimum atomic E-state index is -0.438. The number of benzene rings is 1. The maximum absolute atomic E-state index is 11.9. The van der Waals surface area contributed by atoms with E-state index in [9.17, 15) is 9.90 Å². The molecule has 1 aromatic carbocycles. The maximum Gasteiger partial charge on any atom is 0.163 e. The van der Waals surface area contributed by atoms with E-state index in [1.807, 2.05) is 18.2 Å². The van der Waals surface area contributed by atoms with E-state index in [4.69, 9.17) is 16.3 Å². The maximum atomic E-state index is 11.9. The molecule has 0 saturated heterocycles. The van der Waals surface area contributed by atoms with Gasteiger partial charge in [-0.1, -0.05) is 30.7 Å². The molecule has 1 N–H and O–H groups in total. The minimum Gasteiger partial charge on any atom is -0.493 e. The Balaban J connectivity index is 0.00000243. The third-order valence-electron chi connectivity index (χ3n) is 5.39. The number of hydrogen-bond donors (Lipinski definition) is 1. The van der Waals surface area contributed by atoms with Crippen LogP contribution >= 0.6 is 11.6 Å². The Bertz CT molecular complexity index is 646. The molecule has 5 heteroatoms. The van der Waals surface area contributed by atoms with Gasteiger partial charge in [-0.3, -0.25) is 4.79 Å². The number of ketones is 1. The summed E-state index contributed by atoms with van der Waals surface area (Å²) in [7, 11) is 0. The average molecular weight is 451 g/mol. The Hall–Kier alpha value is -0.216. The Morgan fingerprint density at radius 3 is 2.85 bits per heavy atom. The number of alkyl halides is 1. The van der Waals surface area contributed by atoms with Gasteiger partial charge in [-0.25, -0.2) is 0 Å². The van der Waals surface area contributed by atoms with Gasteiger partial charge < -0.3 is 16.8 Å². The molecule has 4 atom stereocenters. The summed E-state index contributed by atoms with van der Waals surface area (Å²) >= 11 is 6.47. The molecule has 0 aromatic heterocycles. The second-order valence-electron chi connectivity index (χ2n) is 7.01. The summed E-state index contributed by atoms with van der Waals surface area (Å²) in [5.41, 5.74) is 1.79. The van der Waals surface area contributed by atoms with Gasteiger partial charge in [-0.05, 0) is 31.2 Å². The SMILES string of the molecule is [CH2-]CC/C=C\C[C@@H]1[C@@H](COc2cccc3c2CCC3=O)[C@H](O)C[C@H]1Cl.[Y]. The largest absolute Gasteiger partial charge is 0.493 e. The number of allylic oxidation sites excluding steroid dienone is 2. The second-order valence-corrected chi connectivity index (χ2v) is 7.57. The molecule has 0 bridgehead atoms. The molecular weight excluding hydrogens is 425 g/mol. The molecule has 3 rings (SSSR count). The summed E-state index contributed by atoms with van der Waals surface area (Å²) in [5.74, 6) is 1.19. The van der Waals surface area contributed by atoms with E-state index in [2.05, 4.69) is 19.1 Å². The van der Waals surface area contributed by atoms with Gasteiger partial charge >= 0.3 is 0 Å². The van der Waals surface area contributed by atoms with Crippen LogP contribution < -0.4 is 4.74 Å². The first-order chi connectivity index (χ1) is 12.1. The Labute approximate surface area is 186 Å². The van der Waals surface area contributed by atoms with Gasteiger partial charge in [0.1, 0.15) is 5.75 Å². The number of carbonyl (C=O) groups is 1. The van der Waals surface area contributed by atoms with Gasteiger partial charge in [0.15, 0.2) is 5.78 Å². The number of hydrogen-bond acceptors (Lipinski definition) is 3. The molecule has 0 aliphatic heterocycles. The van der Waals surface area contributed by atoms with Gasteiger partial charge in [-0.2, -0.15) is 6.42 Å². The minimum absolute atomic E-state index is 0. The van der Waals surface area contributed by atoms with Crippen molar-refractivity contribution in [3.63, 3.8) is 0 Å². The smallest absolute Gasteiger partial charge is 0.163 e. The van der Waals surface area contributed by atoms with Crippen molar-refractivity contribution in [1.29, 1.82) is 0 Å². The van der Waals surface area contributed by atoms with Gasteiger partial charge in [0.05, 0.1) is 12.7 Å². The van der Waals surface area contributed by atoms with Gasteiger partial charge in [0.25, 0.3) is 0 Å². The first-order valence-corrected chi connectivity index (χ1v) is 9.59. The standard InChI is InChI=1S/C21H26ClO3.Y/c1-2-3-4-5-7-14-17(20(24)12-18(14)22)13-25-21-9-6-8-15-16(21)10-11-19(15)23;/h4-6,8-9,14,17-18,20,24H,1-3,7,10-13H2;/q-1;/b5-4-;/t14-,17-,18-,20-;/m1./s1. The summed E-state index contributed by atoms with van der Waals surface area (Å²) in [4.78, 5) is 11.9. The Morgan fingerprint density at radius 2 is 2.08 bits per heavy atom. The molecule has 2 aliphatic carbocycles. The van der Waals surface area contributed by atoms with Crippen molar-refractivity contribution >= 4 is 17.4 Å². The van der Waals surface area contributed by atoms with E-state index < -0.39 is 6.10 Å². The number of Topliss-reactive ketones (excluding diaryl/α,β-unsaturated/α-hetero) is 1. The van der Waals surface area contributed by atoms with Crippen LogP contribution in [0, 0.1) is 18.8 Å². The molecule has 0 heterocycles. The predicted octanol–water partition coefficient (Wildman–Crippen LogP) is 4.36. The summed E-state index contributed by atoms with van der Waals surface area (Å²) < 4.78 is 6.05. The van der Waals surface area contributed by atoms with Crippen molar-refractivity contribution in [2.45, 2.75) is 50.0 Å². The zero-order chi connectivity index (χ0) is 17.8. The van der Waals surface area contributed by atoms with E-state index in [1.165, 1.54) is 0 Å². The number of halogens is 1. The van der Waals surface area contributed by atoms with E-state index in [0.29, 0.717) is 19.4 Å². The average Bonchev–Trinajstić information content (AvgIpc) is 3.10. The van der Waals surface area contributed by atoms with Crippen LogP contribution in [0.4, 0.5) is 0 Å². The van der Waals surface area contributed by atoms with E-state index >= 15 is 0 Å². The molecule has 1 fully saturated rings. The van der Waals surface area contributed by atoms with Crippen LogP contribution in [0.1, 0.15) is 48.0 Å². The molecule has 3 nitrogen and oxygen atoms in total. The van der Waals surface area contributed by atoms with Gasteiger partial charge in [0.2, 0.25) is 0 Å². The molecule has 1 aromatic rings. The van der Waals surface area contributed by atoms with Gasteiger partial charge in [-0.15, -0.1) is 11.6 Å². The van der Waals surface area contributed by atoms with Crippen molar-refractivity contribution in [2.24, 2.45) is 11.8 Å². The molecular formula is C21H26ClO3Y-. The molecule has 1 saturated carbocycles. The number of carbonyl (C=O) groups excluding carboxylic acids is 1. The molecule has 2 aliphatic rings. The van der Waals surface area contributed by atoms with E-state index in [1.54, 1.807) is 0 Å². The van der Waals surface area contributed by atoms with E-state index in [0.717, 1.165) is 42.6 Å². The number of fused-ring (bicyclic) bond motifs is 1. The summed E-state index contributed by atoms with van der Waals surface area (Å²) in [6.07, 6.45) is 8.46. The fourth-order valence-electron chi connectivity index (χ4n) is 3.96. The zero-order valence-corrected chi connectivity index (χ0v) is 18.7. The van der Waals surface area contributed by atoms with Crippen LogP contribution in [0.3, 0.4) is 0 Å². The molecule has 139 valence electrons. The van der Waals surface area contributed by atoms with Crippen molar-refractivity contribution in [2.75, 3.05) is 6.61 Å². The summed E-state index contributed by atoms with van der Waals surface area (Å²) in [5, 5.41) is 10.4. The van der Waals surface area contributed by atoms with Crippen molar-refractivity contribution in [3.05, 3.63) is 48.4 Å². The quantitative estimate of drug-likeness (QED) is 0.381. The number of ether oxygens (including phenoxy) is 1. The Morgan fingerprint density at radius 1 is 1.27 bits per heavy atom. The number of rotatable bonds is 7. The molecule has 1 radical (unpaired) electrons. The molecule has 26 heavy (non-hydrogen) atoms. The van der Waals surface area contributed by atoms with Crippen LogP contribution in [0.15, 0.2) is 30.4 Å². The third kappa shape index (κ3) is 4.98. The zero-order valence-electron chi connectivity index (χ0n) is 15.1. The molecule has 0 spiro atoms. The first-order valence-electron chi connectivity index (χ1n) is 9.16. The fourth-order valence-corrected chi connectivity index (χ4v) is 4.43. The normalized spacial score (nSPS) is 27.6. The topological polar surface area (TPSA) is 46.5 Å². The van der Waals surface area contributed by atoms with Crippen molar-refractivity contribution in [1.82, 2.24) is 0 Å². The van der Waals surface area contributed by atoms with Crippen LogP contribution in [0.5, 0.6) is 5.75 Å². The number of unbranched alkanes of at least 4 members (excludes halogenated alkanes) is 1. The van der Waals surface area contributed by atoms with Crippen LogP contribution in [-0.4, -0.2) is 29.0 Å². The van der Waals surface area contributed by atoms with Crippen molar-refractivity contribution < 1.29 is 47.3 Å². The van der Waals surface area contributed by atoms with Gasteiger partial charge in [0, 0.05) is 61.6 Å². The fraction of sp³-hybridized carbons (Fsp3) is 0.524. The molecule has 0 amide bonds. The first kappa shape index (κ1) is 22.1. The van der Waals surface area contributed by atoms with E-state index in [-0.39, 0.29) is 55.7 Å². The third-order valence-corrected chi connectivity index (χ3v) is 5.89. The summed E-state index contributed by atoms with van der Waals surface area (Å²) in [6.45, 7) is 4.27. The monoisotopic (exact) mass is 450 g/mol. The summed E-state index contributed by atoms with van der Waals surface area (Å²) in [6, 6.07) is 5.65. The van der Waals surface area contributed by atoms with Crippen LogP contribution in [0.25, 0.3) is 0 Å². The molecule has 0 unspecified atom stereocenters. The number of aliphatic hydroxyl groups excluding tert-OH is 1. The van der Waals surface area contributed by atoms with Crippen LogP contribution in [0.2, 0.25) is 0 Å². The van der Waals surface area contributed by atoms with Crippen LogP contribution in [-0.2, 0) is 39.1 Å².